The van der Waals surface area contributed by atoms with Crippen LogP contribution in [-0.2, 0) is 25.4 Å². The number of ether oxygens (including phenoxy) is 3. The van der Waals surface area contributed by atoms with Crippen molar-refractivity contribution < 1.29 is 19.0 Å². The number of nitrogens with one attached hydrogen (secondary N) is 4. The van der Waals surface area contributed by atoms with Crippen LogP contribution >= 0.6 is 0 Å². The van der Waals surface area contributed by atoms with Crippen molar-refractivity contribution in [3.63, 3.8) is 0 Å². The number of aromatic nitrogens is 4. The van der Waals surface area contributed by atoms with Crippen LogP contribution in [0.3, 0.4) is 0 Å². The number of amides is 1. The van der Waals surface area contributed by atoms with Crippen LogP contribution in [-0.4, -0.2) is 67.6 Å². The number of H-pyrrole nitrogens is 2. The topological polar surface area (TPSA) is 178 Å². The number of methoxy groups -OCH3 is 3. The minimum atomic E-state index is 0.308. The lowest BCUT2D eigenvalue weighted by Gasteiger charge is -2.02. The molecule has 37 heavy (non-hydrogen) atoms. The number of anilines is 1. The molecule has 0 aliphatic heterocycles. The molecule has 0 aliphatic carbocycles. The summed E-state index contributed by atoms with van der Waals surface area (Å²) < 4.78 is 14.0. The average molecular weight is 521 g/mol. The zero-order valence-corrected chi connectivity index (χ0v) is 23.1. The lowest BCUT2D eigenvalue weighted by atomic mass is 10.2. The van der Waals surface area contributed by atoms with E-state index in [4.69, 9.17) is 20.9 Å². The molecule has 12 heteroatoms. The number of nitrogens with zero attached hydrogens (tertiary/aromatic N) is 2. The second-order valence-corrected chi connectivity index (χ2v) is 7.48. The van der Waals surface area contributed by atoms with Gasteiger partial charge in [-0.3, -0.25) is 9.89 Å². The number of allylic oxidation sites excluding steroid dienone is 3. The predicted molar refractivity (Wildman–Crippen MR) is 147 cm³/mol. The van der Waals surface area contributed by atoms with E-state index in [0.717, 1.165) is 49.5 Å². The summed E-state index contributed by atoms with van der Waals surface area (Å²) >= 11 is 0. The van der Waals surface area contributed by atoms with Gasteiger partial charge in [0.25, 0.3) is 0 Å². The Balaban J connectivity index is 0.000000723. The summed E-state index contributed by atoms with van der Waals surface area (Å²) in [5.41, 5.74) is 14.8. The van der Waals surface area contributed by atoms with Crippen molar-refractivity contribution in [1.82, 2.24) is 25.5 Å². The van der Waals surface area contributed by atoms with E-state index in [1.807, 2.05) is 13.8 Å². The van der Waals surface area contributed by atoms with Crippen LogP contribution in [0.25, 0.3) is 11.5 Å². The van der Waals surface area contributed by atoms with Crippen molar-refractivity contribution in [2.75, 3.05) is 46.3 Å². The monoisotopic (exact) mass is 520 g/mol. The smallest absolute Gasteiger partial charge is 0.211 e. The number of carbonyl (C=O) groups is 1. The molecule has 0 bridgehead atoms. The quantitative estimate of drug-likeness (QED) is 0.0761. The van der Waals surface area contributed by atoms with E-state index in [1.54, 1.807) is 26.3 Å². The van der Waals surface area contributed by atoms with Crippen molar-refractivity contribution >= 4 is 12.1 Å². The van der Waals surface area contributed by atoms with Crippen LogP contribution in [0.2, 0.25) is 0 Å². The lowest BCUT2D eigenvalue weighted by molar-refractivity contribution is -0.105. The Morgan fingerprint density at radius 1 is 1.16 bits per heavy atom. The second-order valence-electron chi connectivity index (χ2n) is 7.48. The fourth-order valence-electron chi connectivity index (χ4n) is 2.63. The Hall–Kier alpha value is -3.77. The van der Waals surface area contributed by atoms with E-state index in [9.17, 15) is 4.79 Å². The molecule has 1 amide bonds. The number of hydrogen-bond donors (Lipinski definition) is 6. The first-order valence-corrected chi connectivity index (χ1v) is 11.9. The third-order valence-corrected chi connectivity index (χ3v) is 4.78. The normalized spacial score (nSPS) is 11.6. The van der Waals surface area contributed by atoms with Gasteiger partial charge in [0.1, 0.15) is 5.69 Å². The molecular weight excluding hydrogens is 476 g/mol. The molecule has 0 fully saturated rings. The zero-order valence-electron chi connectivity index (χ0n) is 23.1. The van der Waals surface area contributed by atoms with Gasteiger partial charge in [-0.1, -0.05) is 19.1 Å². The molecule has 2 heterocycles. The molecule has 0 saturated heterocycles. The van der Waals surface area contributed by atoms with Gasteiger partial charge in [-0.15, -0.1) is 0 Å². The fraction of sp³-hybridized carbons (Fsp3) is 0.480. The highest BCUT2D eigenvalue weighted by atomic mass is 16.5. The summed E-state index contributed by atoms with van der Waals surface area (Å²) in [6, 6.07) is 0. The molecule has 0 unspecified atom stereocenters. The van der Waals surface area contributed by atoms with E-state index in [-0.39, 0.29) is 0 Å². The number of hydrogen-bond acceptors (Lipinski definition) is 9. The van der Waals surface area contributed by atoms with Crippen molar-refractivity contribution in [1.29, 1.82) is 0 Å². The minimum absolute atomic E-state index is 0.308. The van der Waals surface area contributed by atoms with Gasteiger partial charge in [0.05, 0.1) is 31.8 Å². The molecule has 0 aliphatic rings. The molecule has 0 atom stereocenters. The SMILES string of the molecule is CCNCC/C=C\Cc1nc(-c2[nH]ncc2NC=O)[nH]c1C.CCOC.CO/C(N)=C/C(C)=C(\N)OC. The Bertz CT molecular complexity index is 977. The molecule has 2 aromatic rings. The summed E-state index contributed by atoms with van der Waals surface area (Å²) in [5.74, 6) is 1.32. The Labute approximate surface area is 219 Å². The molecular formula is C25H44N8O4. The van der Waals surface area contributed by atoms with Crippen LogP contribution in [0.4, 0.5) is 5.69 Å². The second kappa shape index (κ2) is 20.4. The number of imidazole rings is 1. The van der Waals surface area contributed by atoms with Crippen LogP contribution in [0.5, 0.6) is 0 Å². The highest BCUT2D eigenvalue weighted by molar-refractivity contribution is 5.80. The highest BCUT2D eigenvalue weighted by Gasteiger charge is 2.13. The van der Waals surface area contributed by atoms with E-state index in [2.05, 4.69) is 54.6 Å². The van der Waals surface area contributed by atoms with E-state index >= 15 is 0 Å². The van der Waals surface area contributed by atoms with E-state index in [1.165, 1.54) is 14.2 Å². The van der Waals surface area contributed by atoms with Crippen LogP contribution in [0.1, 0.15) is 38.6 Å². The molecule has 12 nitrogen and oxygen atoms in total. The van der Waals surface area contributed by atoms with Crippen molar-refractivity contribution in [3.05, 3.63) is 53.2 Å². The third kappa shape index (κ3) is 13.8. The molecule has 0 saturated carbocycles. The van der Waals surface area contributed by atoms with Gasteiger partial charge in [-0.05, 0) is 40.3 Å². The van der Waals surface area contributed by atoms with Crippen LogP contribution in [0, 0.1) is 6.92 Å². The summed E-state index contributed by atoms with van der Waals surface area (Å²) in [6.45, 7) is 10.6. The zero-order chi connectivity index (χ0) is 28.1. The minimum Gasteiger partial charge on any atom is -0.483 e. The number of carbonyl (C=O) groups excluding carboxylic acids is 1. The van der Waals surface area contributed by atoms with Gasteiger partial charge >= 0.3 is 0 Å². The van der Waals surface area contributed by atoms with E-state index < -0.39 is 0 Å². The number of rotatable bonds is 13. The van der Waals surface area contributed by atoms with Gasteiger partial charge in [0.2, 0.25) is 6.41 Å². The van der Waals surface area contributed by atoms with Gasteiger partial charge in [0, 0.05) is 37.5 Å². The molecule has 0 spiro atoms. The molecule has 2 aromatic heterocycles. The standard InChI is InChI=1S/C15H22N6O.C7H14N2O2.C3H8O/c1-3-16-8-6-4-5-7-12-11(2)19-15(20-12)14-13(17-10-22)9-18-21-14;1-5(7(9)11-3)4-6(8)10-2;1-3-4-2/h4-5,9-10,16H,3,6-8H2,1-2H3,(H,17,22)(H,18,21)(H,19,20);4H,8-9H2,1-3H3;3H2,1-2H3/b5-4-;6-4+,7-5+;. The number of aryl methyl sites for hydroxylation is 1. The summed E-state index contributed by atoms with van der Waals surface area (Å²) in [6.07, 6.45) is 9.85. The maximum absolute atomic E-state index is 10.6. The van der Waals surface area contributed by atoms with E-state index in [0.29, 0.717) is 35.4 Å². The fourth-order valence-corrected chi connectivity index (χ4v) is 2.63. The molecule has 208 valence electrons. The molecule has 2 rings (SSSR count). The van der Waals surface area contributed by atoms with Crippen molar-refractivity contribution in [3.8, 4) is 11.5 Å². The van der Waals surface area contributed by atoms with Gasteiger partial charge in [0.15, 0.2) is 17.6 Å². The Morgan fingerprint density at radius 2 is 1.86 bits per heavy atom. The average Bonchev–Trinajstić information content (AvgIpc) is 3.52. The highest BCUT2D eigenvalue weighted by Crippen LogP contribution is 2.23. The summed E-state index contributed by atoms with van der Waals surface area (Å²) in [7, 11) is 4.66. The van der Waals surface area contributed by atoms with Crippen molar-refractivity contribution in [2.45, 2.75) is 40.5 Å². The number of nitrogens with two attached hydrogens (primary N) is 2. The maximum Gasteiger partial charge on any atom is 0.211 e. The first kappa shape index (κ1) is 33.2. The van der Waals surface area contributed by atoms with Gasteiger partial charge in [-0.25, -0.2) is 4.98 Å². The Kier molecular flexibility index (Phi) is 18.3. The number of aromatic amines is 2. The first-order valence-electron chi connectivity index (χ1n) is 11.9. The summed E-state index contributed by atoms with van der Waals surface area (Å²) in [4.78, 5) is 18.4. The van der Waals surface area contributed by atoms with Crippen molar-refractivity contribution in [2.24, 2.45) is 11.5 Å². The van der Waals surface area contributed by atoms with Gasteiger partial charge < -0.3 is 41.3 Å². The lowest BCUT2D eigenvalue weighted by Crippen LogP contribution is -2.12. The maximum atomic E-state index is 10.6. The third-order valence-electron chi connectivity index (χ3n) is 4.78. The van der Waals surface area contributed by atoms with Crippen LogP contribution < -0.4 is 22.1 Å². The predicted octanol–water partition coefficient (Wildman–Crippen LogP) is 2.70. The molecule has 0 aromatic carbocycles. The largest absolute Gasteiger partial charge is 0.483 e. The van der Waals surface area contributed by atoms with Gasteiger partial charge in [-0.2, -0.15) is 5.10 Å². The molecule has 0 radical (unpaired) electrons. The molecule has 8 N–H and O–H groups in total. The van der Waals surface area contributed by atoms with Crippen LogP contribution in [0.15, 0.2) is 41.8 Å². The Morgan fingerprint density at radius 3 is 2.43 bits per heavy atom. The summed E-state index contributed by atoms with van der Waals surface area (Å²) in [5, 5.41) is 12.7. The first-order chi connectivity index (χ1) is 17.8.